The SMILES string of the molecule is CCCCCC(=O)[C@H]1CC=C(CCC=C(C)C)CC1. The summed E-state index contributed by atoms with van der Waals surface area (Å²) < 4.78 is 0. The van der Waals surface area contributed by atoms with E-state index in [4.69, 9.17) is 0 Å². The average Bonchev–Trinajstić information content (AvgIpc) is 2.39. The Morgan fingerprint density at radius 3 is 2.74 bits per heavy atom. The highest BCUT2D eigenvalue weighted by Crippen LogP contribution is 2.28. The molecule has 1 nitrogen and oxygen atoms in total. The van der Waals surface area contributed by atoms with Crippen molar-refractivity contribution in [1.82, 2.24) is 0 Å². The van der Waals surface area contributed by atoms with E-state index in [-0.39, 0.29) is 0 Å². The van der Waals surface area contributed by atoms with Crippen molar-refractivity contribution in [3.8, 4) is 0 Å². The first-order chi connectivity index (χ1) is 9.13. The number of hydrogen-bond acceptors (Lipinski definition) is 1. The molecule has 0 saturated carbocycles. The lowest BCUT2D eigenvalue weighted by Gasteiger charge is -2.20. The molecule has 1 aliphatic carbocycles. The summed E-state index contributed by atoms with van der Waals surface area (Å²) in [4.78, 5) is 12.0. The molecule has 0 unspecified atom stereocenters. The topological polar surface area (TPSA) is 17.1 Å². The van der Waals surface area contributed by atoms with Crippen molar-refractivity contribution in [3.05, 3.63) is 23.3 Å². The van der Waals surface area contributed by atoms with E-state index in [2.05, 4.69) is 32.9 Å². The van der Waals surface area contributed by atoms with Crippen LogP contribution in [0.3, 0.4) is 0 Å². The van der Waals surface area contributed by atoms with Crippen LogP contribution >= 0.6 is 0 Å². The van der Waals surface area contributed by atoms with Crippen LogP contribution in [0.4, 0.5) is 0 Å². The van der Waals surface area contributed by atoms with Crippen LogP contribution in [0.5, 0.6) is 0 Å². The first kappa shape index (κ1) is 16.2. The zero-order valence-corrected chi connectivity index (χ0v) is 13.0. The third-order valence-electron chi connectivity index (χ3n) is 4.01. The van der Waals surface area contributed by atoms with E-state index in [1.165, 1.54) is 24.8 Å². The van der Waals surface area contributed by atoms with Crippen LogP contribution in [0.2, 0.25) is 0 Å². The number of allylic oxidation sites excluding steroid dienone is 4. The number of ketones is 1. The van der Waals surface area contributed by atoms with Gasteiger partial charge in [0, 0.05) is 12.3 Å². The van der Waals surface area contributed by atoms with Gasteiger partial charge in [0.25, 0.3) is 0 Å². The van der Waals surface area contributed by atoms with E-state index >= 15 is 0 Å². The van der Waals surface area contributed by atoms with Gasteiger partial charge in [0.2, 0.25) is 0 Å². The predicted octanol–water partition coefficient (Wildman–Crippen LogP) is 5.61. The summed E-state index contributed by atoms with van der Waals surface area (Å²) in [5.41, 5.74) is 2.97. The largest absolute Gasteiger partial charge is 0.299 e. The summed E-state index contributed by atoms with van der Waals surface area (Å²) in [6, 6.07) is 0. The van der Waals surface area contributed by atoms with Gasteiger partial charge in [-0.05, 0) is 52.4 Å². The third-order valence-corrected chi connectivity index (χ3v) is 4.01. The zero-order valence-electron chi connectivity index (χ0n) is 13.0. The van der Waals surface area contributed by atoms with E-state index in [1.54, 1.807) is 5.57 Å². The van der Waals surface area contributed by atoms with E-state index in [0.717, 1.165) is 38.5 Å². The molecule has 0 heterocycles. The maximum absolute atomic E-state index is 12.0. The number of rotatable bonds is 8. The summed E-state index contributed by atoms with van der Waals surface area (Å²) in [5.74, 6) is 0.831. The molecular weight excluding hydrogens is 232 g/mol. The van der Waals surface area contributed by atoms with E-state index in [9.17, 15) is 4.79 Å². The van der Waals surface area contributed by atoms with Crippen molar-refractivity contribution in [3.63, 3.8) is 0 Å². The fourth-order valence-electron chi connectivity index (χ4n) is 2.71. The highest BCUT2D eigenvalue weighted by atomic mass is 16.1. The summed E-state index contributed by atoms with van der Waals surface area (Å²) in [6.45, 7) is 6.49. The van der Waals surface area contributed by atoms with Gasteiger partial charge in [-0.2, -0.15) is 0 Å². The molecule has 0 aromatic rings. The fraction of sp³-hybridized carbons (Fsp3) is 0.722. The lowest BCUT2D eigenvalue weighted by Crippen LogP contribution is -2.16. The Labute approximate surface area is 119 Å². The molecule has 0 aliphatic heterocycles. The number of unbranched alkanes of at least 4 members (excludes halogenated alkanes) is 2. The molecule has 0 spiro atoms. The first-order valence-corrected chi connectivity index (χ1v) is 7.97. The van der Waals surface area contributed by atoms with Crippen LogP contribution in [-0.4, -0.2) is 5.78 Å². The van der Waals surface area contributed by atoms with Gasteiger partial charge in [-0.25, -0.2) is 0 Å². The molecular formula is C18H30O. The highest BCUT2D eigenvalue weighted by Gasteiger charge is 2.20. The highest BCUT2D eigenvalue weighted by molar-refractivity contribution is 5.81. The smallest absolute Gasteiger partial charge is 0.136 e. The number of Topliss-reactive ketones (excluding diaryl/α,β-unsaturated/α-hetero) is 1. The fourth-order valence-corrected chi connectivity index (χ4v) is 2.71. The Balaban J connectivity index is 2.28. The lowest BCUT2D eigenvalue weighted by atomic mass is 9.84. The van der Waals surface area contributed by atoms with Gasteiger partial charge in [-0.1, -0.05) is 43.1 Å². The molecule has 0 aromatic heterocycles. The molecule has 19 heavy (non-hydrogen) atoms. The van der Waals surface area contributed by atoms with E-state index in [1.807, 2.05) is 0 Å². The van der Waals surface area contributed by atoms with Crippen LogP contribution < -0.4 is 0 Å². The second kappa shape index (κ2) is 9.12. The number of carbonyl (C=O) groups is 1. The van der Waals surface area contributed by atoms with E-state index < -0.39 is 0 Å². The predicted molar refractivity (Wildman–Crippen MR) is 83.2 cm³/mol. The molecule has 1 aliphatic rings. The Hall–Kier alpha value is -0.850. The molecule has 0 aromatic carbocycles. The van der Waals surface area contributed by atoms with Crippen molar-refractivity contribution in [2.75, 3.05) is 0 Å². The molecule has 1 atom stereocenters. The Bertz CT molecular complexity index is 332. The molecule has 0 bridgehead atoms. The molecule has 0 saturated heterocycles. The molecule has 108 valence electrons. The lowest BCUT2D eigenvalue weighted by molar-refractivity contribution is -0.123. The van der Waals surface area contributed by atoms with Gasteiger partial charge >= 0.3 is 0 Å². The minimum Gasteiger partial charge on any atom is -0.299 e. The molecule has 0 radical (unpaired) electrons. The molecule has 0 N–H and O–H groups in total. The summed E-state index contributed by atoms with van der Waals surface area (Å²) >= 11 is 0. The van der Waals surface area contributed by atoms with Crippen molar-refractivity contribution in [2.45, 2.75) is 78.6 Å². The second-order valence-corrected chi connectivity index (χ2v) is 6.08. The van der Waals surface area contributed by atoms with Crippen molar-refractivity contribution in [2.24, 2.45) is 5.92 Å². The third kappa shape index (κ3) is 6.75. The van der Waals surface area contributed by atoms with Crippen molar-refractivity contribution >= 4 is 5.78 Å². The van der Waals surface area contributed by atoms with Gasteiger partial charge in [0.1, 0.15) is 5.78 Å². The summed E-state index contributed by atoms with van der Waals surface area (Å²) in [7, 11) is 0. The standard InChI is InChI=1S/C18H30O/c1-4-5-6-10-18(19)17-13-11-16(12-14-17)9-7-8-15(2)3/h8,11,17H,4-7,9-10,12-14H2,1-3H3/t17-/m0/s1. The number of carbonyl (C=O) groups excluding carboxylic acids is 1. The van der Waals surface area contributed by atoms with Crippen LogP contribution in [0.15, 0.2) is 23.3 Å². The van der Waals surface area contributed by atoms with Crippen LogP contribution in [0.1, 0.15) is 78.6 Å². The minimum absolute atomic E-state index is 0.323. The maximum Gasteiger partial charge on any atom is 0.136 e. The van der Waals surface area contributed by atoms with Crippen molar-refractivity contribution in [1.29, 1.82) is 0 Å². The van der Waals surface area contributed by atoms with Gasteiger partial charge in [-0.15, -0.1) is 0 Å². The van der Waals surface area contributed by atoms with Gasteiger partial charge in [0.15, 0.2) is 0 Å². The minimum atomic E-state index is 0.323. The quantitative estimate of drug-likeness (QED) is 0.410. The summed E-state index contributed by atoms with van der Waals surface area (Å²) in [6.07, 6.45) is 14.5. The van der Waals surface area contributed by atoms with Gasteiger partial charge < -0.3 is 0 Å². The Morgan fingerprint density at radius 2 is 2.16 bits per heavy atom. The van der Waals surface area contributed by atoms with Crippen LogP contribution in [0.25, 0.3) is 0 Å². The first-order valence-electron chi connectivity index (χ1n) is 7.97. The average molecular weight is 262 g/mol. The van der Waals surface area contributed by atoms with Gasteiger partial charge in [0.05, 0.1) is 0 Å². The Kier molecular flexibility index (Phi) is 7.78. The van der Waals surface area contributed by atoms with Gasteiger partial charge in [-0.3, -0.25) is 4.79 Å². The van der Waals surface area contributed by atoms with Crippen LogP contribution in [0, 0.1) is 5.92 Å². The monoisotopic (exact) mass is 262 g/mol. The number of hydrogen-bond donors (Lipinski definition) is 0. The Morgan fingerprint density at radius 1 is 1.37 bits per heavy atom. The zero-order chi connectivity index (χ0) is 14.1. The molecule has 1 heteroatoms. The molecule has 0 amide bonds. The maximum atomic E-state index is 12.0. The van der Waals surface area contributed by atoms with E-state index in [0.29, 0.717) is 11.7 Å². The normalized spacial score (nSPS) is 18.9. The summed E-state index contributed by atoms with van der Waals surface area (Å²) in [5, 5.41) is 0. The van der Waals surface area contributed by atoms with Crippen molar-refractivity contribution < 1.29 is 4.79 Å². The molecule has 0 fully saturated rings. The van der Waals surface area contributed by atoms with Crippen LogP contribution in [-0.2, 0) is 4.79 Å². The second-order valence-electron chi connectivity index (χ2n) is 6.08. The molecule has 1 rings (SSSR count).